The van der Waals surface area contributed by atoms with E-state index in [-0.39, 0.29) is 23.5 Å². The zero-order valence-corrected chi connectivity index (χ0v) is 18.8. The predicted molar refractivity (Wildman–Crippen MR) is 122 cm³/mol. The van der Waals surface area contributed by atoms with Crippen molar-refractivity contribution in [1.29, 1.82) is 0 Å². The Morgan fingerprint density at radius 3 is 2.50 bits per heavy atom. The van der Waals surface area contributed by atoms with Gasteiger partial charge in [-0.05, 0) is 31.4 Å². The van der Waals surface area contributed by atoms with E-state index >= 15 is 0 Å². The lowest BCUT2D eigenvalue weighted by molar-refractivity contribution is -0.136. The Balaban J connectivity index is 1.19. The van der Waals surface area contributed by atoms with Crippen LogP contribution in [0.4, 0.5) is 20.3 Å². The monoisotopic (exact) mass is 458 g/mol. The number of rotatable bonds is 4. The standard InChI is InChI=1S/C22H27FN6O2S/c23-17-6-1-2-7-18(17)26-11-13-27(14-12-26)20(31)16-5-3-9-28(15-16)21-24-25-22(32-21)29-10-4-8-19(29)30/h1-2,6-7,16H,3-5,8-15H2/t16-/m1/s1. The van der Waals surface area contributed by atoms with Crippen LogP contribution < -0.4 is 14.7 Å². The molecule has 4 heterocycles. The van der Waals surface area contributed by atoms with Crippen molar-refractivity contribution in [3.8, 4) is 0 Å². The van der Waals surface area contributed by atoms with Gasteiger partial charge >= 0.3 is 0 Å². The summed E-state index contributed by atoms with van der Waals surface area (Å²) in [7, 11) is 0. The number of aromatic nitrogens is 2. The molecule has 8 nitrogen and oxygen atoms in total. The Labute approximate surface area is 190 Å². The van der Waals surface area contributed by atoms with Gasteiger partial charge in [0.05, 0.1) is 11.6 Å². The lowest BCUT2D eigenvalue weighted by Gasteiger charge is -2.39. The van der Waals surface area contributed by atoms with Gasteiger partial charge in [0.15, 0.2) is 0 Å². The molecule has 3 aliphatic rings. The molecular weight excluding hydrogens is 431 g/mol. The van der Waals surface area contributed by atoms with Gasteiger partial charge in [-0.25, -0.2) is 4.39 Å². The number of benzene rings is 1. The van der Waals surface area contributed by atoms with Crippen LogP contribution in [0.2, 0.25) is 0 Å². The summed E-state index contributed by atoms with van der Waals surface area (Å²) < 4.78 is 14.1. The Morgan fingerprint density at radius 2 is 1.75 bits per heavy atom. The lowest BCUT2D eigenvalue weighted by atomic mass is 9.96. The molecule has 1 atom stereocenters. The van der Waals surface area contributed by atoms with E-state index in [9.17, 15) is 14.0 Å². The molecule has 0 bridgehead atoms. The summed E-state index contributed by atoms with van der Waals surface area (Å²) in [4.78, 5) is 33.0. The van der Waals surface area contributed by atoms with Crippen molar-refractivity contribution in [2.45, 2.75) is 25.7 Å². The highest BCUT2D eigenvalue weighted by atomic mass is 32.1. The van der Waals surface area contributed by atoms with Gasteiger partial charge in [-0.15, -0.1) is 10.2 Å². The second-order valence-electron chi connectivity index (χ2n) is 8.57. The average Bonchev–Trinajstić information content (AvgIpc) is 3.48. The first-order chi connectivity index (χ1) is 15.6. The van der Waals surface area contributed by atoms with E-state index in [1.54, 1.807) is 17.0 Å². The molecule has 1 aromatic carbocycles. The molecule has 2 aromatic rings. The number of piperazine rings is 1. The molecular formula is C22H27FN6O2S. The van der Waals surface area contributed by atoms with Crippen LogP contribution in [0.1, 0.15) is 25.7 Å². The number of nitrogens with zero attached hydrogens (tertiary/aromatic N) is 6. The van der Waals surface area contributed by atoms with Crippen molar-refractivity contribution in [3.63, 3.8) is 0 Å². The summed E-state index contributed by atoms with van der Waals surface area (Å²) in [5, 5.41) is 9.97. The van der Waals surface area contributed by atoms with Crippen LogP contribution in [-0.2, 0) is 9.59 Å². The molecule has 32 heavy (non-hydrogen) atoms. The van der Waals surface area contributed by atoms with E-state index in [4.69, 9.17) is 0 Å². The van der Waals surface area contributed by atoms with Gasteiger partial charge in [0.25, 0.3) is 0 Å². The van der Waals surface area contributed by atoms with Gasteiger partial charge in [0.1, 0.15) is 5.82 Å². The number of anilines is 3. The fraction of sp³-hybridized carbons (Fsp3) is 0.545. The number of piperidine rings is 1. The second-order valence-corrected chi connectivity index (χ2v) is 9.50. The summed E-state index contributed by atoms with van der Waals surface area (Å²) in [6.07, 6.45) is 3.21. The highest BCUT2D eigenvalue weighted by Crippen LogP contribution is 2.32. The average molecular weight is 459 g/mol. The Kier molecular flexibility index (Phi) is 5.95. The van der Waals surface area contributed by atoms with E-state index in [2.05, 4.69) is 15.1 Å². The Bertz CT molecular complexity index is 992. The highest BCUT2D eigenvalue weighted by Gasteiger charge is 2.33. The van der Waals surface area contributed by atoms with Crippen LogP contribution in [0, 0.1) is 11.7 Å². The minimum atomic E-state index is -0.220. The number of hydrogen-bond donors (Lipinski definition) is 0. The van der Waals surface area contributed by atoms with E-state index in [1.807, 2.05) is 15.9 Å². The Morgan fingerprint density at radius 1 is 0.969 bits per heavy atom. The third-order valence-corrected chi connectivity index (χ3v) is 7.54. The van der Waals surface area contributed by atoms with E-state index in [1.165, 1.54) is 17.4 Å². The summed E-state index contributed by atoms with van der Waals surface area (Å²) >= 11 is 1.43. The maximum atomic E-state index is 14.1. The van der Waals surface area contributed by atoms with Crippen LogP contribution >= 0.6 is 11.3 Å². The van der Waals surface area contributed by atoms with Gasteiger partial charge < -0.3 is 14.7 Å². The fourth-order valence-electron chi connectivity index (χ4n) is 4.78. The highest BCUT2D eigenvalue weighted by molar-refractivity contribution is 7.19. The number of hydrogen-bond acceptors (Lipinski definition) is 7. The quantitative estimate of drug-likeness (QED) is 0.701. The summed E-state index contributed by atoms with van der Waals surface area (Å²) in [6, 6.07) is 6.79. The summed E-state index contributed by atoms with van der Waals surface area (Å²) in [6.45, 7) is 4.63. The van der Waals surface area contributed by atoms with Crippen LogP contribution in [0.15, 0.2) is 24.3 Å². The maximum Gasteiger partial charge on any atom is 0.228 e. The molecule has 0 radical (unpaired) electrons. The molecule has 5 rings (SSSR count). The van der Waals surface area contributed by atoms with Gasteiger partial charge in [-0.1, -0.05) is 23.5 Å². The summed E-state index contributed by atoms with van der Waals surface area (Å²) in [5.74, 6) is -0.0250. The Hall–Kier alpha value is -2.75. The first kappa shape index (κ1) is 21.1. The minimum absolute atomic E-state index is 0.0791. The van der Waals surface area contributed by atoms with Gasteiger partial charge in [0, 0.05) is 52.2 Å². The first-order valence-electron chi connectivity index (χ1n) is 11.3. The smallest absolute Gasteiger partial charge is 0.228 e. The molecule has 0 N–H and O–H groups in total. The minimum Gasteiger partial charge on any atom is -0.366 e. The SMILES string of the molecule is O=C([C@@H]1CCCN(c2nnc(N3CCCC3=O)s2)C1)N1CCN(c2ccccc2F)CC1. The molecule has 0 unspecified atom stereocenters. The van der Waals surface area contributed by atoms with E-state index < -0.39 is 0 Å². The second kappa shape index (κ2) is 9.01. The van der Waals surface area contributed by atoms with E-state index in [0.29, 0.717) is 56.5 Å². The molecule has 2 amide bonds. The molecule has 170 valence electrons. The third kappa shape index (κ3) is 4.15. The number of halogens is 1. The predicted octanol–water partition coefficient (Wildman–Crippen LogP) is 2.37. The van der Waals surface area contributed by atoms with Gasteiger partial charge in [-0.2, -0.15) is 0 Å². The van der Waals surface area contributed by atoms with Crippen molar-refractivity contribution in [2.75, 3.05) is 60.5 Å². The number of para-hydroxylation sites is 1. The lowest BCUT2D eigenvalue weighted by Crippen LogP contribution is -2.52. The van der Waals surface area contributed by atoms with Crippen LogP contribution in [0.5, 0.6) is 0 Å². The van der Waals surface area contributed by atoms with Crippen LogP contribution in [0.3, 0.4) is 0 Å². The topological polar surface area (TPSA) is 72.9 Å². The van der Waals surface area contributed by atoms with Crippen molar-refractivity contribution in [1.82, 2.24) is 15.1 Å². The van der Waals surface area contributed by atoms with Crippen molar-refractivity contribution < 1.29 is 14.0 Å². The van der Waals surface area contributed by atoms with Crippen LogP contribution in [-0.4, -0.2) is 72.7 Å². The molecule has 3 saturated heterocycles. The number of carbonyl (C=O) groups excluding carboxylic acids is 2. The normalized spacial score (nSPS) is 22.0. The number of carbonyl (C=O) groups is 2. The van der Waals surface area contributed by atoms with Gasteiger partial charge in [0.2, 0.25) is 22.1 Å². The first-order valence-corrected chi connectivity index (χ1v) is 12.1. The zero-order chi connectivity index (χ0) is 22.1. The molecule has 3 aliphatic heterocycles. The van der Waals surface area contributed by atoms with Crippen molar-refractivity contribution >= 4 is 39.1 Å². The van der Waals surface area contributed by atoms with Crippen LogP contribution in [0.25, 0.3) is 0 Å². The van der Waals surface area contributed by atoms with E-state index in [0.717, 1.165) is 30.9 Å². The largest absolute Gasteiger partial charge is 0.366 e. The fourth-order valence-corrected chi connectivity index (χ4v) is 5.71. The number of amides is 2. The van der Waals surface area contributed by atoms with Gasteiger partial charge in [-0.3, -0.25) is 14.5 Å². The maximum absolute atomic E-state index is 14.1. The molecule has 10 heteroatoms. The molecule has 0 saturated carbocycles. The molecule has 0 spiro atoms. The molecule has 1 aromatic heterocycles. The molecule has 0 aliphatic carbocycles. The zero-order valence-electron chi connectivity index (χ0n) is 18.0. The van der Waals surface area contributed by atoms with Crippen molar-refractivity contribution in [3.05, 3.63) is 30.1 Å². The third-order valence-electron chi connectivity index (χ3n) is 6.53. The molecule has 3 fully saturated rings. The summed E-state index contributed by atoms with van der Waals surface area (Å²) in [5.41, 5.74) is 0.604. The van der Waals surface area contributed by atoms with Crippen molar-refractivity contribution in [2.24, 2.45) is 5.92 Å².